The summed E-state index contributed by atoms with van der Waals surface area (Å²) in [5, 5.41) is 11.0. The Morgan fingerprint density at radius 2 is 2.47 bits per heavy atom. The zero-order valence-electron chi connectivity index (χ0n) is 7.37. The molecular weight excluding hydrogens is 306 g/mol. The van der Waals surface area contributed by atoms with Crippen molar-refractivity contribution in [1.29, 1.82) is 0 Å². The molecule has 0 aliphatic heterocycles. The van der Waals surface area contributed by atoms with Crippen LogP contribution in [0.25, 0.3) is 0 Å². The van der Waals surface area contributed by atoms with E-state index in [1.54, 1.807) is 6.07 Å². The molecule has 4 nitrogen and oxygen atoms in total. The van der Waals surface area contributed by atoms with E-state index in [4.69, 9.17) is 16.7 Å². The summed E-state index contributed by atoms with van der Waals surface area (Å²) in [6, 6.07) is 0.833. The Morgan fingerprint density at radius 3 is 2.87 bits per heavy atom. The molecule has 1 aromatic heterocycles. The standard InChI is InChI=1S/C8H7BrClNO3S/c9-5-1-4(15-7(5)10)2-6(8(13)14)11-3-12/h1,3,6H,2H2,(H,11,12)(H,13,14). The Balaban J connectivity index is 2.73. The van der Waals surface area contributed by atoms with Gasteiger partial charge in [-0.05, 0) is 22.0 Å². The van der Waals surface area contributed by atoms with Gasteiger partial charge in [-0.25, -0.2) is 4.79 Å². The molecule has 0 aromatic carbocycles. The van der Waals surface area contributed by atoms with E-state index < -0.39 is 12.0 Å². The lowest BCUT2D eigenvalue weighted by Gasteiger charge is -2.08. The molecule has 0 aliphatic rings. The van der Waals surface area contributed by atoms with Crippen LogP contribution in [0.4, 0.5) is 0 Å². The van der Waals surface area contributed by atoms with Gasteiger partial charge in [0.15, 0.2) is 0 Å². The zero-order valence-corrected chi connectivity index (χ0v) is 10.5. The van der Waals surface area contributed by atoms with Gasteiger partial charge >= 0.3 is 5.97 Å². The number of hydrogen-bond donors (Lipinski definition) is 2. The molecule has 2 N–H and O–H groups in total. The molecule has 1 rings (SSSR count). The van der Waals surface area contributed by atoms with E-state index in [2.05, 4.69) is 21.2 Å². The van der Waals surface area contributed by atoms with Crippen LogP contribution >= 0.6 is 38.9 Å². The average molecular weight is 313 g/mol. The lowest BCUT2D eigenvalue weighted by atomic mass is 10.2. The van der Waals surface area contributed by atoms with E-state index in [0.717, 1.165) is 9.35 Å². The van der Waals surface area contributed by atoms with Crippen molar-refractivity contribution in [2.24, 2.45) is 0 Å². The third-order valence-electron chi connectivity index (χ3n) is 1.67. The maximum Gasteiger partial charge on any atom is 0.326 e. The molecule has 0 spiro atoms. The first kappa shape index (κ1) is 12.5. The summed E-state index contributed by atoms with van der Waals surface area (Å²) in [6.45, 7) is 0. The summed E-state index contributed by atoms with van der Waals surface area (Å²) in [6.07, 6.45) is 0.604. The predicted octanol–water partition coefficient (Wildman–Crippen LogP) is 1.91. The van der Waals surface area contributed by atoms with Gasteiger partial charge < -0.3 is 10.4 Å². The maximum atomic E-state index is 10.7. The maximum absolute atomic E-state index is 10.7. The highest BCUT2D eigenvalue weighted by atomic mass is 79.9. The van der Waals surface area contributed by atoms with Gasteiger partial charge in [0.2, 0.25) is 6.41 Å². The summed E-state index contributed by atoms with van der Waals surface area (Å²) in [7, 11) is 0. The largest absolute Gasteiger partial charge is 0.480 e. The number of hydrogen-bond acceptors (Lipinski definition) is 3. The lowest BCUT2D eigenvalue weighted by molar-refractivity contribution is -0.140. The quantitative estimate of drug-likeness (QED) is 0.816. The number of aliphatic carboxylic acids is 1. The van der Waals surface area contributed by atoms with E-state index in [-0.39, 0.29) is 6.42 Å². The van der Waals surface area contributed by atoms with Crippen LogP contribution in [0.2, 0.25) is 4.34 Å². The van der Waals surface area contributed by atoms with Crippen LogP contribution in [-0.2, 0) is 16.0 Å². The molecule has 82 valence electrons. The first-order chi connectivity index (χ1) is 7.04. The van der Waals surface area contributed by atoms with Gasteiger partial charge in [0, 0.05) is 15.8 Å². The first-order valence-electron chi connectivity index (χ1n) is 3.90. The molecule has 0 saturated heterocycles. The van der Waals surface area contributed by atoms with Crippen LogP contribution in [0.5, 0.6) is 0 Å². The summed E-state index contributed by atoms with van der Waals surface area (Å²) in [5.74, 6) is -1.07. The number of carboxylic acids is 1. The van der Waals surface area contributed by atoms with Gasteiger partial charge in [-0.2, -0.15) is 0 Å². The SMILES string of the molecule is O=CNC(Cc1cc(Br)c(Cl)s1)C(=O)O. The lowest BCUT2D eigenvalue weighted by Crippen LogP contribution is -2.37. The van der Waals surface area contributed by atoms with Gasteiger partial charge in [-0.1, -0.05) is 11.6 Å². The van der Waals surface area contributed by atoms with E-state index in [0.29, 0.717) is 10.7 Å². The number of halogens is 2. The van der Waals surface area contributed by atoms with Crippen molar-refractivity contribution in [3.8, 4) is 0 Å². The second-order valence-electron chi connectivity index (χ2n) is 2.71. The summed E-state index contributed by atoms with van der Waals surface area (Å²) in [5.41, 5.74) is 0. The Labute approximate surface area is 103 Å². The third-order valence-corrected chi connectivity index (χ3v) is 4.17. The number of carboxylic acid groups (broad SMARTS) is 1. The van der Waals surface area contributed by atoms with Crippen LogP contribution < -0.4 is 5.32 Å². The van der Waals surface area contributed by atoms with E-state index in [9.17, 15) is 9.59 Å². The van der Waals surface area contributed by atoms with Crippen LogP contribution in [0.1, 0.15) is 4.88 Å². The number of rotatable bonds is 5. The third kappa shape index (κ3) is 3.48. The minimum Gasteiger partial charge on any atom is -0.480 e. The first-order valence-corrected chi connectivity index (χ1v) is 5.89. The van der Waals surface area contributed by atoms with Crippen LogP contribution in [-0.4, -0.2) is 23.5 Å². The molecular formula is C8H7BrClNO3S. The second-order valence-corrected chi connectivity index (χ2v) is 5.31. The van der Waals surface area contributed by atoms with E-state index in [1.165, 1.54) is 11.3 Å². The molecule has 0 bridgehead atoms. The number of amides is 1. The van der Waals surface area contributed by atoms with Crippen molar-refractivity contribution in [2.75, 3.05) is 0 Å². The normalized spacial score (nSPS) is 12.1. The predicted molar refractivity (Wildman–Crippen MR) is 61.4 cm³/mol. The highest BCUT2D eigenvalue weighted by molar-refractivity contribution is 9.10. The van der Waals surface area contributed by atoms with Crippen LogP contribution in [0.3, 0.4) is 0 Å². The highest BCUT2D eigenvalue weighted by Gasteiger charge is 2.18. The Hall–Kier alpha value is -0.590. The molecule has 0 aliphatic carbocycles. The van der Waals surface area contributed by atoms with Gasteiger partial charge in [-0.15, -0.1) is 11.3 Å². The minimum absolute atomic E-state index is 0.226. The Bertz CT molecular complexity index is 362. The second kappa shape index (κ2) is 5.48. The van der Waals surface area contributed by atoms with Crippen molar-refractivity contribution in [3.63, 3.8) is 0 Å². The van der Waals surface area contributed by atoms with Gasteiger partial charge in [0.1, 0.15) is 10.4 Å². The molecule has 0 radical (unpaired) electrons. The van der Waals surface area contributed by atoms with Crippen LogP contribution in [0.15, 0.2) is 10.5 Å². The fraction of sp³-hybridized carbons (Fsp3) is 0.250. The summed E-state index contributed by atoms with van der Waals surface area (Å²) >= 11 is 10.3. The molecule has 1 atom stereocenters. The Kier molecular flexibility index (Phi) is 4.56. The topological polar surface area (TPSA) is 66.4 Å². The Morgan fingerprint density at radius 1 is 1.80 bits per heavy atom. The van der Waals surface area contributed by atoms with Gasteiger partial charge in [0.05, 0.1) is 0 Å². The molecule has 15 heavy (non-hydrogen) atoms. The van der Waals surface area contributed by atoms with Crippen molar-refractivity contribution < 1.29 is 14.7 Å². The van der Waals surface area contributed by atoms with Gasteiger partial charge in [0.25, 0.3) is 0 Å². The number of carbonyl (C=O) groups is 2. The molecule has 0 fully saturated rings. The average Bonchev–Trinajstić information content (AvgIpc) is 2.45. The van der Waals surface area contributed by atoms with Crippen molar-refractivity contribution in [2.45, 2.75) is 12.5 Å². The molecule has 1 amide bonds. The van der Waals surface area contributed by atoms with Crippen molar-refractivity contribution in [1.82, 2.24) is 5.32 Å². The number of thiophene rings is 1. The fourth-order valence-corrected chi connectivity index (χ4v) is 2.83. The van der Waals surface area contributed by atoms with E-state index >= 15 is 0 Å². The molecule has 1 unspecified atom stereocenters. The molecule has 0 saturated carbocycles. The monoisotopic (exact) mass is 311 g/mol. The molecule has 7 heteroatoms. The van der Waals surface area contributed by atoms with E-state index in [1.807, 2.05) is 0 Å². The molecule has 1 aromatic rings. The van der Waals surface area contributed by atoms with Crippen molar-refractivity contribution in [3.05, 3.63) is 19.8 Å². The summed E-state index contributed by atoms with van der Waals surface area (Å²) < 4.78 is 1.31. The zero-order chi connectivity index (χ0) is 11.4. The number of carbonyl (C=O) groups excluding carboxylic acids is 1. The summed E-state index contributed by atoms with van der Waals surface area (Å²) in [4.78, 5) is 21.7. The van der Waals surface area contributed by atoms with Crippen LogP contribution in [0, 0.1) is 0 Å². The van der Waals surface area contributed by atoms with Gasteiger partial charge in [-0.3, -0.25) is 4.79 Å². The number of nitrogens with one attached hydrogen (secondary N) is 1. The highest BCUT2D eigenvalue weighted by Crippen LogP contribution is 2.32. The molecule has 1 heterocycles. The fourth-order valence-electron chi connectivity index (χ4n) is 0.993. The minimum atomic E-state index is -1.07. The smallest absolute Gasteiger partial charge is 0.326 e. The van der Waals surface area contributed by atoms with Crippen molar-refractivity contribution >= 4 is 51.2 Å².